The summed E-state index contributed by atoms with van der Waals surface area (Å²) in [4.78, 5) is 13.3. The molecule has 0 radical (unpaired) electrons. The number of carbonyl (C=O) groups is 1. The van der Waals surface area contributed by atoms with E-state index < -0.39 is 0 Å². The average molecular weight is 246 g/mol. The second kappa shape index (κ2) is 6.65. The van der Waals surface area contributed by atoms with Gasteiger partial charge < -0.3 is 9.64 Å². The normalized spacial score (nSPS) is 9.67. The van der Waals surface area contributed by atoms with E-state index in [2.05, 4.69) is 0 Å². The van der Waals surface area contributed by atoms with E-state index in [9.17, 15) is 4.79 Å². The molecule has 0 aliphatic heterocycles. The van der Waals surface area contributed by atoms with E-state index in [0.717, 1.165) is 16.9 Å². The quantitative estimate of drug-likeness (QED) is 0.800. The summed E-state index contributed by atoms with van der Waals surface area (Å²) in [5.74, 6) is 0.751. The number of rotatable bonds is 5. The first-order valence-electron chi connectivity index (χ1n) is 5.83. The van der Waals surface area contributed by atoms with Gasteiger partial charge in [0.25, 0.3) is 0 Å². The summed E-state index contributed by atoms with van der Waals surface area (Å²) in [6, 6.07) is 7.86. The van der Waals surface area contributed by atoms with Crippen LogP contribution in [0.1, 0.15) is 24.0 Å². The first kappa shape index (κ1) is 14.0. The predicted octanol–water partition coefficient (Wildman–Crippen LogP) is 2.27. The van der Waals surface area contributed by atoms with Gasteiger partial charge >= 0.3 is 0 Å². The fourth-order valence-corrected chi connectivity index (χ4v) is 1.73. The van der Waals surface area contributed by atoms with Crippen molar-refractivity contribution in [1.29, 1.82) is 5.26 Å². The van der Waals surface area contributed by atoms with Crippen molar-refractivity contribution in [3.05, 3.63) is 29.3 Å². The molecule has 4 heteroatoms. The molecule has 0 aliphatic rings. The zero-order chi connectivity index (χ0) is 13.5. The van der Waals surface area contributed by atoms with E-state index in [0.29, 0.717) is 6.54 Å². The summed E-state index contributed by atoms with van der Waals surface area (Å²) >= 11 is 0. The van der Waals surface area contributed by atoms with Crippen LogP contribution in [0.2, 0.25) is 0 Å². The predicted molar refractivity (Wildman–Crippen MR) is 69.1 cm³/mol. The zero-order valence-electron chi connectivity index (χ0n) is 11.1. The third-order valence-corrected chi connectivity index (χ3v) is 2.72. The summed E-state index contributed by atoms with van der Waals surface area (Å²) in [6.45, 7) is 2.50. The highest BCUT2D eigenvalue weighted by Gasteiger charge is 2.11. The third kappa shape index (κ3) is 3.77. The van der Waals surface area contributed by atoms with Gasteiger partial charge in [0.1, 0.15) is 5.75 Å². The standard InChI is InChI=1S/C14H18N2O2/c1-11-6-7-13(18-3)12(9-11)10-16(2)14(17)5-4-8-15/h6-7,9H,4-5,10H2,1-3H3. The molecule has 0 fully saturated rings. The van der Waals surface area contributed by atoms with Gasteiger partial charge in [0.15, 0.2) is 0 Å². The van der Waals surface area contributed by atoms with Crippen molar-refractivity contribution in [2.45, 2.75) is 26.3 Å². The third-order valence-electron chi connectivity index (χ3n) is 2.72. The number of hydrogen-bond acceptors (Lipinski definition) is 3. The Morgan fingerprint density at radius 1 is 1.50 bits per heavy atom. The number of carbonyl (C=O) groups excluding carboxylic acids is 1. The topological polar surface area (TPSA) is 53.3 Å². The number of methoxy groups -OCH3 is 1. The highest BCUT2D eigenvalue weighted by molar-refractivity contribution is 5.76. The van der Waals surface area contributed by atoms with Crippen LogP contribution in [-0.4, -0.2) is 25.0 Å². The Labute approximate surface area is 108 Å². The van der Waals surface area contributed by atoms with Crippen LogP contribution in [0.25, 0.3) is 0 Å². The van der Waals surface area contributed by atoms with Gasteiger partial charge in [-0.3, -0.25) is 4.79 Å². The van der Waals surface area contributed by atoms with Crippen molar-refractivity contribution in [1.82, 2.24) is 4.90 Å². The van der Waals surface area contributed by atoms with Gasteiger partial charge in [-0.15, -0.1) is 0 Å². The molecule has 96 valence electrons. The Balaban J connectivity index is 2.75. The number of benzene rings is 1. The first-order chi connectivity index (χ1) is 8.58. The van der Waals surface area contributed by atoms with Gasteiger partial charge in [-0.25, -0.2) is 0 Å². The maximum absolute atomic E-state index is 11.7. The van der Waals surface area contributed by atoms with Crippen LogP contribution in [-0.2, 0) is 11.3 Å². The SMILES string of the molecule is COc1ccc(C)cc1CN(C)C(=O)CCC#N. The number of ether oxygens (including phenoxy) is 1. The minimum absolute atomic E-state index is 0.0277. The Hall–Kier alpha value is -2.02. The number of hydrogen-bond donors (Lipinski definition) is 0. The number of aryl methyl sites for hydroxylation is 1. The van der Waals surface area contributed by atoms with Crippen molar-refractivity contribution in [3.8, 4) is 11.8 Å². The molecule has 0 unspecified atom stereocenters. The molecule has 0 heterocycles. The second-order valence-corrected chi connectivity index (χ2v) is 4.22. The molecule has 0 saturated carbocycles. The zero-order valence-corrected chi connectivity index (χ0v) is 11.1. The van der Waals surface area contributed by atoms with Crippen LogP contribution < -0.4 is 4.74 Å². The molecule has 1 amide bonds. The maximum atomic E-state index is 11.7. The lowest BCUT2D eigenvalue weighted by atomic mass is 10.1. The summed E-state index contributed by atoms with van der Waals surface area (Å²) in [6.07, 6.45) is 0.523. The summed E-state index contributed by atoms with van der Waals surface area (Å²) in [5, 5.41) is 8.46. The molecule has 18 heavy (non-hydrogen) atoms. The van der Waals surface area contributed by atoms with Crippen LogP contribution >= 0.6 is 0 Å². The van der Waals surface area contributed by atoms with E-state index in [1.807, 2.05) is 31.2 Å². The fraction of sp³-hybridized carbons (Fsp3) is 0.429. The lowest BCUT2D eigenvalue weighted by molar-refractivity contribution is -0.130. The number of nitrogens with zero attached hydrogens (tertiary/aromatic N) is 2. The van der Waals surface area contributed by atoms with E-state index in [4.69, 9.17) is 10.00 Å². The molecular formula is C14H18N2O2. The first-order valence-corrected chi connectivity index (χ1v) is 5.83. The molecule has 1 aromatic rings. The fourth-order valence-electron chi connectivity index (χ4n) is 1.73. The van der Waals surface area contributed by atoms with Gasteiger partial charge in [0, 0.05) is 32.0 Å². The summed E-state index contributed by atoms with van der Waals surface area (Å²) < 4.78 is 5.27. The molecule has 0 aromatic heterocycles. The Kier molecular flexibility index (Phi) is 5.19. The molecule has 0 atom stereocenters. The van der Waals surface area contributed by atoms with E-state index in [-0.39, 0.29) is 18.7 Å². The largest absolute Gasteiger partial charge is 0.496 e. The maximum Gasteiger partial charge on any atom is 0.223 e. The van der Waals surface area contributed by atoms with Crippen LogP contribution in [0.4, 0.5) is 0 Å². The lowest BCUT2D eigenvalue weighted by Crippen LogP contribution is -2.26. The van der Waals surface area contributed by atoms with E-state index in [1.54, 1.807) is 19.1 Å². The van der Waals surface area contributed by atoms with Crippen LogP contribution in [0.15, 0.2) is 18.2 Å². The van der Waals surface area contributed by atoms with E-state index in [1.165, 1.54) is 0 Å². The van der Waals surface area contributed by atoms with Gasteiger partial charge in [-0.05, 0) is 13.0 Å². The van der Waals surface area contributed by atoms with Crippen LogP contribution in [0.5, 0.6) is 5.75 Å². The monoisotopic (exact) mass is 246 g/mol. The summed E-state index contributed by atoms with van der Waals surface area (Å²) in [5.41, 5.74) is 2.11. The number of amides is 1. The van der Waals surface area contributed by atoms with Crippen molar-refractivity contribution >= 4 is 5.91 Å². The molecule has 0 aliphatic carbocycles. The van der Waals surface area contributed by atoms with Gasteiger partial charge in [0.05, 0.1) is 13.2 Å². The molecule has 0 spiro atoms. The minimum atomic E-state index is -0.0277. The molecule has 4 nitrogen and oxygen atoms in total. The highest BCUT2D eigenvalue weighted by Crippen LogP contribution is 2.21. The minimum Gasteiger partial charge on any atom is -0.496 e. The molecule has 0 saturated heterocycles. The molecule has 1 aromatic carbocycles. The van der Waals surface area contributed by atoms with Crippen LogP contribution in [0, 0.1) is 18.3 Å². The smallest absolute Gasteiger partial charge is 0.223 e. The van der Waals surface area contributed by atoms with Gasteiger partial charge in [-0.1, -0.05) is 17.7 Å². The van der Waals surface area contributed by atoms with Crippen molar-refractivity contribution < 1.29 is 9.53 Å². The van der Waals surface area contributed by atoms with E-state index >= 15 is 0 Å². The Bertz CT molecular complexity index is 463. The highest BCUT2D eigenvalue weighted by atomic mass is 16.5. The summed E-state index contributed by atoms with van der Waals surface area (Å²) in [7, 11) is 3.35. The molecule has 0 bridgehead atoms. The Morgan fingerprint density at radius 3 is 2.83 bits per heavy atom. The second-order valence-electron chi connectivity index (χ2n) is 4.22. The van der Waals surface area contributed by atoms with Crippen molar-refractivity contribution in [2.24, 2.45) is 0 Å². The Morgan fingerprint density at radius 2 is 2.22 bits per heavy atom. The van der Waals surface area contributed by atoms with Gasteiger partial charge in [-0.2, -0.15) is 5.26 Å². The molecule has 1 rings (SSSR count). The number of nitriles is 1. The molecular weight excluding hydrogens is 228 g/mol. The lowest BCUT2D eigenvalue weighted by Gasteiger charge is -2.18. The van der Waals surface area contributed by atoms with Crippen LogP contribution in [0.3, 0.4) is 0 Å². The van der Waals surface area contributed by atoms with Crippen molar-refractivity contribution in [3.63, 3.8) is 0 Å². The average Bonchev–Trinajstić information content (AvgIpc) is 2.36. The van der Waals surface area contributed by atoms with Gasteiger partial charge in [0.2, 0.25) is 5.91 Å². The molecule has 0 N–H and O–H groups in total. The van der Waals surface area contributed by atoms with Crippen molar-refractivity contribution in [2.75, 3.05) is 14.2 Å².